The Hall–Kier alpha value is -4.23. The predicted octanol–water partition coefficient (Wildman–Crippen LogP) is 6.15. The second kappa shape index (κ2) is 17.1. The highest BCUT2D eigenvalue weighted by Crippen LogP contribution is 2.39. The van der Waals surface area contributed by atoms with Crippen LogP contribution in [-0.4, -0.2) is 43.5 Å². The van der Waals surface area contributed by atoms with Crippen LogP contribution in [0.25, 0.3) is 0 Å². The Morgan fingerprint density at radius 1 is 0.936 bits per heavy atom. The molecule has 3 aromatic carbocycles. The van der Waals surface area contributed by atoms with Crippen LogP contribution < -0.4 is 16.4 Å². The maximum Gasteiger partial charge on any atom is 0.224 e. The molecule has 5 N–H and O–H groups in total. The van der Waals surface area contributed by atoms with Crippen LogP contribution in [-0.2, 0) is 32.7 Å². The molecule has 5 rings (SSSR count). The van der Waals surface area contributed by atoms with Crippen LogP contribution in [0.3, 0.4) is 0 Å². The van der Waals surface area contributed by atoms with Gasteiger partial charge < -0.3 is 35.5 Å². The lowest BCUT2D eigenvalue weighted by molar-refractivity contribution is -0.245. The van der Waals surface area contributed by atoms with E-state index in [1.807, 2.05) is 72.3 Å². The molecule has 0 radical (unpaired) electrons. The van der Waals surface area contributed by atoms with Gasteiger partial charge in [-0.05, 0) is 48.2 Å². The van der Waals surface area contributed by atoms with Crippen molar-refractivity contribution in [2.24, 2.45) is 7.05 Å². The number of aliphatic hydroxyl groups excluding tert-OH is 1. The summed E-state index contributed by atoms with van der Waals surface area (Å²) in [4.78, 5) is 25.0. The number of carbonyl (C=O) groups is 2. The molecule has 1 aromatic heterocycles. The molecule has 11 nitrogen and oxygen atoms in total. The summed E-state index contributed by atoms with van der Waals surface area (Å²) in [6, 6.07) is 22.5. The Balaban J connectivity index is 1.11. The number of amides is 2. The summed E-state index contributed by atoms with van der Waals surface area (Å²) in [5, 5.41) is 24.3. The second-order valence-corrected chi connectivity index (χ2v) is 12.6. The molecule has 0 unspecified atom stereocenters. The molecule has 0 bridgehead atoms. The maximum absolute atomic E-state index is 12.8. The molecule has 1 aliphatic heterocycles. The van der Waals surface area contributed by atoms with E-state index in [9.17, 15) is 14.7 Å². The van der Waals surface area contributed by atoms with E-state index in [-0.39, 0.29) is 30.6 Å². The highest BCUT2D eigenvalue weighted by molar-refractivity contribution is 7.99. The van der Waals surface area contributed by atoms with Gasteiger partial charge in [0.15, 0.2) is 11.4 Å². The number of thioether (sulfide) groups is 1. The average molecular weight is 659 g/mol. The van der Waals surface area contributed by atoms with Gasteiger partial charge in [0.2, 0.25) is 11.8 Å². The number of nitrogen functional groups attached to an aromatic ring is 1. The third-order valence-electron chi connectivity index (χ3n) is 7.92. The van der Waals surface area contributed by atoms with Gasteiger partial charge in [-0.3, -0.25) is 9.59 Å². The molecule has 1 saturated heterocycles. The summed E-state index contributed by atoms with van der Waals surface area (Å²) >= 11 is 1.58. The molecule has 3 atom stereocenters. The third kappa shape index (κ3) is 10.1. The first-order valence-electron chi connectivity index (χ1n) is 15.9. The molecule has 1 fully saturated rings. The highest BCUT2D eigenvalue weighted by atomic mass is 32.2. The van der Waals surface area contributed by atoms with E-state index in [0.717, 1.165) is 47.5 Å². The second-order valence-electron chi connectivity index (χ2n) is 11.6. The number of benzene rings is 3. The van der Waals surface area contributed by atoms with Gasteiger partial charge >= 0.3 is 0 Å². The third-order valence-corrected chi connectivity index (χ3v) is 9.08. The fraction of sp³-hybridized carbons (Fsp3) is 0.371. The highest BCUT2D eigenvalue weighted by Gasteiger charge is 2.32. The molecule has 0 spiro atoms. The first kappa shape index (κ1) is 34.1. The van der Waals surface area contributed by atoms with Crippen molar-refractivity contribution in [2.75, 3.05) is 22.1 Å². The van der Waals surface area contributed by atoms with Gasteiger partial charge in [-0.1, -0.05) is 73.1 Å². The standard InChI is InChI=1S/C35H42N6O5S/c1-41-23-37-40-35(41)47-22-28-20-31(25-17-15-24(21-42)16-18-25)46-34(45-28)26-9-8-10-27(19-26)38-32(43)13-4-2-3-5-14-33(44)39-30-12-7-6-11-29(30)36/h6-12,15-19,23,28,31,34,42H,2-5,13-14,20-22,36H2,1H3,(H,38,43)(H,39,44)/t28-,31+,34+/m1/s1. The first-order chi connectivity index (χ1) is 22.9. The SMILES string of the molecule is Cn1cnnc1SC[C@H]1C[C@@H](c2ccc(CO)cc2)O[C@@H](c2cccc(NC(=O)CCCCCCC(=O)Nc3ccccc3N)c2)O1. The van der Waals surface area contributed by atoms with Gasteiger partial charge in [0.05, 0.1) is 30.2 Å². The number of hydrogen-bond donors (Lipinski definition) is 4. The quantitative estimate of drug-likeness (QED) is 0.0670. The summed E-state index contributed by atoms with van der Waals surface area (Å²) in [5.41, 5.74) is 10.4. The topological polar surface area (TPSA) is 154 Å². The van der Waals surface area contributed by atoms with Crippen LogP contribution >= 0.6 is 11.8 Å². The zero-order valence-electron chi connectivity index (χ0n) is 26.5. The van der Waals surface area contributed by atoms with E-state index in [4.69, 9.17) is 15.2 Å². The van der Waals surface area contributed by atoms with Crippen molar-refractivity contribution < 1.29 is 24.2 Å². The lowest BCUT2D eigenvalue weighted by Crippen LogP contribution is -2.31. The zero-order valence-corrected chi connectivity index (χ0v) is 27.3. The van der Waals surface area contributed by atoms with Crippen molar-refractivity contribution in [1.82, 2.24) is 14.8 Å². The van der Waals surface area contributed by atoms with E-state index >= 15 is 0 Å². The number of nitrogens with two attached hydrogens (primary N) is 1. The Kier molecular flexibility index (Phi) is 12.4. The Morgan fingerprint density at radius 2 is 1.68 bits per heavy atom. The van der Waals surface area contributed by atoms with Crippen LogP contribution in [0.5, 0.6) is 0 Å². The summed E-state index contributed by atoms with van der Waals surface area (Å²) in [6.45, 7) is -0.0167. The number of hydrogen-bond acceptors (Lipinski definition) is 9. The number of aryl methyl sites for hydroxylation is 1. The minimum atomic E-state index is -0.635. The monoisotopic (exact) mass is 658 g/mol. The molecule has 2 amide bonds. The van der Waals surface area contributed by atoms with E-state index in [2.05, 4.69) is 20.8 Å². The summed E-state index contributed by atoms with van der Waals surface area (Å²) in [5.74, 6) is 0.540. The first-order valence-corrected chi connectivity index (χ1v) is 16.9. The van der Waals surface area contributed by atoms with Crippen LogP contribution in [0.15, 0.2) is 84.3 Å². The molecule has 248 valence electrons. The number of nitrogens with one attached hydrogen (secondary N) is 2. The van der Waals surface area contributed by atoms with E-state index in [1.165, 1.54) is 0 Å². The number of carbonyl (C=O) groups excluding carboxylic acids is 2. The van der Waals surface area contributed by atoms with Crippen LogP contribution in [0.1, 0.15) is 74.0 Å². The number of rotatable bonds is 15. The number of para-hydroxylation sites is 2. The summed E-state index contributed by atoms with van der Waals surface area (Å²) in [6.07, 6.45) is 5.34. The number of nitrogens with zero attached hydrogens (tertiary/aromatic N) is 3. The molecule has 0 aliphatic carbocycles. The number of unbranched alkanes of at least 4 members (excludes halogenated alkanes) is 3. The van der Waals surface area contributed by atoms with Gasteiger partial charge in [0, 0.05) is 43.3 Å². The zero-order chi connectivity index (χ0) is 33.0. The molecular weight excluding hydrogens is 616 g/mol. The van der Waals surface area contributed by atoms with Gasteiger partial charge in [-0.25, -0.2) is 0 Å². The number of aliphatic hydroxyl groups is 1. The molecule has 1 aliphatic rings. The Morgan fingerprint density at radius 3 is 2.38 bits per heavy atom. The van der Waals surface area contributed by atoms with Crippen LogP contribution in [0.2, 0.25) is 0 Å². The minimum Gasteiger partial charge on any atom is -0.397 e. The molecule has 47 heavy (non-hydrogen) atoms. The lowest BCUT2D eigenvalue weighted by Gasteiger charge is -2.36. The van der Waals surface area contributed by atoms with Crippen molar-refractivity contribution in [3.05, 3.63) is 95.8 Å². The molecule has 4 aromatic rings. The number of aromatic nitrogens is 3. The van der Waals surface area contributed by atoms with Gasteiger partial charge in [-0.2, -0.15) is 0 Å². The smallest absolute Gasteiger partial charge is 0.224 e. The fourth-order valence-corrected chi connectivity index (χ4v) is 6.23. The normalized spacial score (nSPS) is 17.7. The molecule has 2 heterocycles. The largest absolute Gasteiger partial charge is 0.397 e. The average Bonchev–Trinajstić information content (AvgIpc) is 3.50. The Bertz CT molecular complexity index is 1610. The summed E-state index contributed by atoms with van der Waals surface area (Å²) in [7, 11) is 1.91. The van der Waals surface area contributed by atoms with Crippen molar-refractivity contribution in [1.29, 1.82) is 0 Å². The molecular formula is C35H42N6O5S. The molecule has 0 saturated carbocycles. The van der Waals surface area contributed by atoms with Crippen LogP contribution in [0.4, 0.5) is 17.1 Å². The van der Waals surface area contributed by atoms with Crippen molar-refractivity contribution in [3.8, 4) is 0 Å². The minimum absolute atomic E-state index is 0.0167. The van der Waals surface area contributed by atoms with Crippen LogP contribution in [0, 0.1) is 0 Å². The van der Waals surface area contributed by atoms with Crippen molar-refractivity contribution in [2.45, 2.75) is 75.2 Å². The summed E-state index contributed by atoms with van der Waals surface area (Å²) < 4.78 is 14.8. The van der Waals surface area contributed by atoms with Crippen molar-refractivity contribution >= 4 is 40.6 Å². The van der Waals surface area contributed by atoms with Gasteiger partial charge in [0.25, 0.3) is 0 Å². The van der Waals surface area contributed by atoms with E-state index < -0.39 is 6.29 Å². The maximum atomic E-state index is 12.8. The predicted molar refractivity (Wildman–Crippen MR) is 182 cm³/mol. The van der Waals surface area contributed by atoms with E-state index in [1.54, 1.807) is 30.2 Å². The molecule has 12 heteroatoms. The lowest BCUT2D eigenvalue weighted by atomic mass is 10.0. The van der Waals surface area contributed by atoms with Gasteiger partial charge in [0.1, 0.15) is 6.33 Å². The number of ether oxygens (including phenoxy) is 2. The van der Waals surface area contributed by atoms with E-state index in [0.29, 0.717) is 42.1 Å². The Labute approximate surface area is 279 Å². The fourth-order valence-electron chi connectivity index (χ4n) is 5.33. The van der Waals surface area contributed by atoms with Gasteiger partial charge in [-0.15, -0.1) is 10.2 Å². The number of anilines is 3. The van der Waals surface area contributed by atoms with Crippen molar-refractivity contribution in [3.63, 3.8) is 0 Å².